The fourth-order valence-electron chi connectivity index (χ4n) is 9.25. The summed E-state index contributed by atoms with van der Waals surface area (Å²) in [5.41, 5.74) is -2.50. The van der Waals surface area contributed by atoms with Gasteiger partial charge in [-0.15, -0.1) is 0 Å². The van der Waals surface area contributed by atoms with Crippen LogP contribution >= 0.6 is 0 Å². The highest BCUT2D eigenvalue weighted by atomic mass is 16.5. The molecule has 9 atom stereocenters. The molecule has 1 aromatic carbocycles. The second kappa shape index (κ2) is 7.61. The Bertz CT molecular complexity index is 1110. The lowest BCUT2D eigenvalue weighted by atomic mass is 9.42. The molecule has 4 aliphatic rings. The number of ether oxygens (including phenoxy) is 1. The molecule has 0 saturated heterocycles. The zero-order chi connectivity index (χ0) is 25.6. The molecule has 188 valence electrons. The smallest absolute Gasteiger partial charge is 0.331 e. The van der Waals surface area contributed by atoms with E-state index in [2.05, 4.69) is 6.58 Å². The summed E-state index contributed by atoms with van der Waals surface area (Å²) < 4.78 is 5.89. The summed E-state index contributed by atoms with van der Waals surface area (Å²) in [6.07, 6.45) is 0.0612. The minimum Gasteiger partial charge on any atom is -0.455 e. The third kappa shape index (κ3) is 2.60. The molecule has 0 aliphatic heterocycles. The topological polar surface area (TPSA) is 104 Å². The van der Waals surface area contributed by atoms with E-state index < -0.39 is 63.9 Å². The molecule has 3 N–H and O–H groups in total. The van der Waals surface area contributed by atoms with Crippen molar-refractivity contribution < 1.29 is 29.6 Å². The van der Waals surface area contributed by atoms with Crippen LogP contribution in [0.15, 0.2) is 48.6 Å². The first kappa shape index (κ1) is 24.4. The van der Waals surface area contributed by atoms with Gasteiger partial charge in [0.2, 0.25) is 0 Å². The number of rotatable bonds is 3. The van der Waals surface area contributed by atoms with Crippen LogP contribution in [0.2, 0.25) is 0 Å². The van der Waals surface area contributed by atoms with Crippen molar-refractivity contribution in [1.29, 1.82) is 0 Å². The standard InChI is InChI=1S/C29H36O6/c1-16-20(30)15-19-23(32)29-17(2)21(35-22(31)12-11-18-9-7-6-8-10-18)13-14-27(29,5)24(33)25(34)28(16,29)26(19,3)4/h6-12,16,19,21,23-25,32-34H,2,13-15H2,1,3-5H3/b12-11+/t16?,19-,21-,23?,24-,25-,27-,28?,29?/m0/s1. The third-order valence-corrected chi connectivity index (χ3v) is 10.7. The molecule has 0 radical (unpaired) electrons. The molecular weight excluding hydrogens is 444 g/mol. The van der Waals surface area contributed by atoms with Gasteiger partial charge in [0.15, 0.2) is 0 Å². The number of carbonyl (C=O) groups is 2. The van der Waals surface area contributed by atoms with E-state index in [1.54, 1.807) is 6.08 Å². The Morgan fingerprint density at radius 3 is 2.40 bits per heavy atom. The molecule has 0 amide bonds. The molecule has 6 heteroatoms. The lowest BCUT2D eigenvalue weighted by Crippen LogP contribution is -2.63. The van der Waals surface area contributed by atoms with Crippen molar-refractivity contribution in [3.8, 4) is 0 Å². The summed E-state index contributed by atoms with van der Waals surface area (Å²) in [7, 11) is 0. The van der Waals surface area contributed by atoms with Gasteiger partial charge in [0.05, 0.1) is 18.3 Å². The first-order valence-electron chi connectivity index (χ1n) is 12.6. The summed E-state index contributed by atoms with van der Waals surface area (Å²) in [4.78, 5) is 26.0. The van der Waals surface area contributed by atoms with Gasteiger partial charge in [-0.1, -0.05) is 64.6 Å². The predicted octanol–water partition coefficient (Wildman–Crippen LogP) is 3.30. The summed E-state index contributed by atoms with van der Waals surface area (Å²) >= 11 is 0. The summed E-state index contributed by atoms with van der Waals surface area (Å²) in [6.45, 7) is 12.1. The van der Waals surface area contributed by atoms with E-state index in [1.165, 1.54) is 6.08 Å². The van der Waals surface area contributed by atoms with E-state index in [0.717, 1.165) is 5.56 Å². The van der Waals surface area contributed by atoms with Crippen LogP contribution in [0.4, 0.5) is 0 Å². The largest absolute Gasteiger partial charge is 0.455 e. The van der Waals surface area contributed by atoms with Crippen molar-refractivity contribution in [2.24, 2.45) is 33.5 Å². The monoisotopic (exact) mass is 480 g/mol. The molecule has 4 aliphatic carbocycles. The molecular formula is C29H36O6. The fraction of sp³-hybridized carbons (Fsp3) is 0.586. The van der Waals surface area contributed by atoms with E-state index in [1.807, 2.05) is 58.0 Å². The highest BCUT2D eigenvalue weighted by Crippen LogP contribution is 2.85. The number of hydrogen-bond acceptors (Lipinski definition) is 6. The molecule has 0 aromatic heterocycles. The van der Waals surface area contributed by atoms with Gasteiger partial charge in [-0.3, -0.25) is 4.79 Å². The predicted molar refractivity (Wildman–Crippen MR) is 131 cm³/mol. The van der Waals surface area contributed by atoms with Gasteiger partial charge >= 0.3 is 5.97 Å². The number of aliphatic hydroxyl groups excluding tert-OH is 3. The molecule has 2 spiro atoms. The highest BCUT2D eigenvalue weighted by Gasteiger charge is 2.89. The number of aliphatic hydroxyl groups is 3. The lowest BCUT2D eigenvalue weighted by molar-refractivity contribution is -0.173. The molecule has 5 rings (SSSR count). The Labute approximate surface area is 206 Å². The highest BCUT2D eigenvalue weighted by molar-refractivity contribution is 5.87. The number of fused-ring (bicyclic) bond motifs is 1. The van der Waals surface area contributed by atoms with Crippen LogP contribution in [0.3, 0.4) is 0 Å². The van der Waals surface area contributed by atoms with Crippen molar-refractivity contribution in [3.05, 3.63) is 54.1 Å². The maximum atomic E-state index is 13.2. The van der Waals surface area contributed by atoms with Crippen molar-refractivity contribution in [2.75, 3.05) is 0 Å². The average Bonchev–Trinajstić information content (AvgIpc) is 3.04. The van der Waals surface area contributed by atoms with E-state index in [9.17, 15) is 24.9 Å². The van der Waals surface area contributed by atoms with Gasteiger partial charge in [0.1, 0.15) is 11.9 Å². The molecule has 0 heterocycles. The van der Waals surface area contributed by atoms with Crippen molar-refractivity contribution in [2.45, 2.75) is 71.4 Å². The van der Waals surface area contributed by atoms with Crippen molar-refractivity contribution in [3.63, 3.8) is 0 Å². The number of Topliss-reactive ketones (excluding diaryl/α,β-unsaturated/α-hetero) is 1. The number of benzene rings is 1. The number of ketones is 1. The van der Waals surface area contributed by atoms with Crippen LogP contribution in [-0.2, 0) is 14.3 Å². The third-order valence-electron chi connectivity index (χ3n) is 10.7. The van der Waals surface area contributed by atoms with E-state index in [4.69, 9.17) is 4.74 Å². The van der Waals surface area contributed by atoms with Crippen LogP contribution in [0.1, 0.15) is 52.5 Å². The van der Waals surface area contributed by atoms with E-state index >= 15 is 0 Å². The summed E-state index contributed by atoms with van der Waals surface area (Å²) in [5.74, 6) is -1.52. The molecule has 4 saturated carbocycles. The number of hydrogen-bond donors (Lipinski definition) is 3. The van der Waals surface area contributed by atoms with Crippen molar-refractivity contribution >= 4 is 17.8 Å². The molecule has 4 fully saturated rings. The van der Waals surface area contributed by atoms with Crippen LogP contribution < -0.4 is 0 Å². The maximum absolute atomic E-state index is 13.2. The Morgan fingerprint density at radius 1 is 1.09 bits per heavy atom. The Kier molecular flexibility index (Phi) is 5.31. The van der Waals surface area contributed by atoms with Crippen LogP contribution in [-0.4, -0.2) is 51.5 Å². The quantitative estimate of drug-likeness (QED) is 0.348. The van der Waals surface area contributed by atoms with Gasteiger partial charge in [-0.05, 0) is 41.4 Å². The van der Waals surface area contributed by atoms with Gasteiger partial charge in [0, 0.05) is 34.7 Å². The van der Waals surface area contributed by atoms with Crippen molar-refractivity contribution in [1.82, 2.24) is 0 Å². The average molecular weight is 481 g/mol. The van der Waals surface area contributed by atoms with Gasteiger partial charge < -0.3 is 20.1 Å². The molecule has 6 nitrogen and oxygen atoms in total. The normalized spacial score (nSPS) is 45.9. The minimum atomic E-state index is -1.22. The number of carbonyl (C=O) groups excluding carboxylic acids is 2. The summed E-state index contributed by atoms with van der Waals surface area (Å²) in [6, 6.07) is 9.43. The maximum Gasteiger partial charge on any atom is 0.331 e. The first-order chi connectivity index (χ1) is 16.4. The minimum absolute atomic E-state index is 0.0153. The van der Waals surface area contributed by atoms with Crippen LogP contribution in [0, 0.1) is 33.5 Å². The summed E-state index contributed by atoms with van der Waals surface area (Å²) in [5, 5.41) is 35.2. The Balaban J connectivity index is 1.58. The SMILES string of the molecule is C=C1[C@@H](OC(=O)/C=C/c2ccccc2)CC[C@@]2(C)[C@@H](O)[C@H](O)C34C(C)C(=O)C[C@@H](C(O)C132)C4(C)C. The molecule has 2 bridgehead atoms. The molecule has 1 aromatic rings. The van der Waals surface area contributed by atoms with Crippen LogP contribution in [0.25, 0.3) is 6.08 Å². The zero-order valence-corrected chi connectivity index (χ0v) is 20.9. The second-order valence-corrected chi connectivity index (χ2v) is 11.9. The van der Waals surface area contributed by atoms with Gasteiger partial charge in [-0.2, -0.15) is 0 Å². The lowest BCUT2D eigenvalue weighted by Gasteiger charge is -2.60. The van der Waals surface area contributed by atoms with Crippen LogP contribution in [0.5, 0.6) is 0 Å². The first-order valence-corrected chi connectivity index (χ1v) is 12.6. The molecule has 4 unspecified atom stereocenters. The fourth-order valence-corrected chi connectivity index (χ4v) is 9.25. The Morgan fingerprint density at radius 2 is 1.74 bits per heavy atom. The molecule has 35 heavy (non-hydrogen) atoms. The van der Waals surface area contributed by atoms with Gasteiger partial charge in [0.25, 0.3) is 0 Å². The number of esters is 1. The van der Waals surface area contributed by atoms with E-state index in [0.29, 0.717) is 18.4 Å². The Hall–Kier alpha value is -2.28. The zero-order valence-electron chi connectivity index (χ0n) is 20.9. The van der Waals surface area contributed by atoms with E-state index in [-0.39, 0.29) is 12.2 Å². The second-order valence-electron chi connectivity index (χ2n) is 11.9. The van der Waals surface area contributed by atoms with Gasteiger partial charge in [-0.25, -0.2) is 4.79 Å².